The minimum absolute atomic E-state index is 0.330. The van der Waals surface area contributed by atoms with Crippen molar-refractivity contribution in [2.24, 2.45) is 0 Å². The van der Waals surface area contributed by atoms with Gasteiger partial charge in [-0.1, -0.05) is 20.8 Å². The van der Waals surface area contributed by atoms with Gasteiger partial charge in [-0.25, -0.2) is 9.97 Å². The van der Waals surface area contributed by atoms with E-state index < -0.39 is 0 Å². The lowest BCUT2D eigenvalue weighted by atomic mass is 10.1. The zero-order chi connectivity index (χ0) is 15.4. The molecule has 0 spiro atoms. The molecule has 0 bridgehead atoms. The van der Waals surface area contributed by atoms with Crippen LogP contribution in [0.2, 0.25) is 0 Å². The van der Waals surface area contributed by atoms with E-state index in [9.17, 15) is 0 Å². The maximum atomic E-state index is 4.74. The Balaban J connectivity index is 2.20. The second-order valence-electron chi connectivity index (χ2n) is 6.19. The summed E-state index contributed by atoms with van der Waals surface area (Å²) in [6.07, 6.45) is 2.47. The van der Waals surface area contributed by atoms with Crippen molar-refractivity contribution in [2.45, 2.75) is 52.5 Å². The molecule has 21 heavy (non-hydrogen) atoms. The summed E-state index contributed by atoms with van der Waals surface area (Å²) in [6.45, 7) is 12.0. The molecule has 0 saturated carbocycles. The number of rotatable bonds is 5. The first-order chi connectivity index (χ1) is 10.0. The molecule has 5 heteroatoms. The molecule has 1 aliphatic rings. The predicted molar refractivity (Wildman–Crippen MR) is 89.2 cm³/mol. The van der Waals surface area contributed by atoms with Crippen molar-refractivity contribution in [1.82, 2.24) is 14.9 Å². The average Bonchev–Trinajstić information content (AvgIpc) is 2.49. The van der Waals surface area contributed by atoms with Crippen LogP contribution in [0.4, 0.5) is 11.6 Å². The molecule has 5 nitrogen and oxygen atoms in total. The molecule has 2 heterocycles. The van der Waals surface area contributed by atoms with Gasteiger partial charge in [-0.05, 0) is 32.9 Å². The maximum absolute atomic E-state index is 4.74. The van der Waals surface area contributed by atoms with Gasteiger partial charge in [0.25, 0.3) is 0 Å². The van der Waals surface area contributed by atoms with E-state index in [1.807, 2.05) is 7.05 Å². The summed E-state index contributed by atoms with van der Waals surface area (Å²) >= 11 is 0. The number of nitrogens with zero attached hydrogens (tertiary/aromatic N) is 3. The van der Waals surface area contributed by atoms with E-state index in [2.05, 4.69) is 48.2 Å². The molecule has 1 aromatic heterocycles. The van der Waals surface area contributed by atoms with Crippen LogP contribution in [0.5, 0.6) is 0 Å². The molecule has 118 valence electrons. The first-order valence-corrected chi connectivity index (χ1v) is 8.10. The number of likely N-dealkylation sites (tertiary alicyclic amines) is 1. The molecule has 0 radical (unpaired) electrons. The molecule has 1 atom stereocenters. The second-order valence-corrected chi connectivity index (χ2v) is 6.19. The van der Waals surface area contributed by atoms with Crippen molar-refractivity contribution in [3.05, 3.63) is 11.4 Å². The van der Waals surface area contributed by atoms with E-state index in [0.29, 0.717) is 12.0 Å². The van der Waals surface area contributed by atoms with Crippen LogP contribution in [-0.2, 0) is 0 Å². The predicted octanol–water partition coefficient (Wildman–Crippen LogP) is 2.85. The summed E-state index contributed by atoms with van der Waals surface area (Å²) in [7, 11) is 1.92. The van der Waals surface area contributed by atoms with E-state index >= 15 is 0 Å². The third-order valence-electron chi connectivity index (χ3n) is 4.21. The van der Waals surface area contributed by atoms with Crippen LogP contribution in [0, 0.1) is 6.92 Å². The van der Waals surface area contributed by atoms with Crippen LogP contribution in [0.3, 0.4) is 0 Å². The van der Waals surface area contributed by atoms with Crippen LogP contribution in [-0.4, -0.2) is 47.6 Å². The number of hydrogen-bond acceptors (Lipinski definition) is 5. The van der Waals surface area contributed by atoms with Gasteiger partial charge in [0.2, 0.25) is 0 Å². The van der Waals surface area contributed by atoms with E-state index in [1.54, 1.807) is 0 Å². The van der Waals surface area contributed by atoms with Crippen molar-refractivity contribution < 1.29 is 0 Å². The Bertz CT molecular complexity index is 472. The van der Waals surface area contributed by atoms with Crippen molar-refractivity contribution in [3.8, 4) is 0 Å². The lowest BCUT2D eigenvalue weighted by molar-refractivity contribution is 0.226. The van der Waals surface area contributed by atoms with Crippen LogP contribution < -0.4 is 10.6 Å². The van der Waals surface area contributed by atoms with Crippen LogP contribution in [0.1, 0.15) is 50.9 Å². The fraction of sp³-hybridized carbons (Fsp3) is 0.750. The van der Waals surface area contributed by atoms with Crippen molar-refractivity contribution >= 4 is 11.6 Å². The van der Waals surface area contributed by atoms with Gasteiger partial charge in [-0.3, -0.25) is 0 Å². The smallest absolute Gasteiger partial charge is 0.135 e. The highest BCUT2D eigenvalue weighted by Crippen LogP contribution is 2.24. The van der Waals surface area contributed by atoms with Gasteiger partial charge in [0.15, 0.2) is 0 Å². The third-order valence-corrected chi connectivity index (χ3v) is 4.21. The molecule has 0 aromatic carbocycles. The van der Waals surface area contributed by atoms with Crippen LogP contribution >= 0.6 is 0 Å². The highest BCUT2D eigenvalue weighted by Gasteiger charge is 2.21. The van der Waals surface area contributed by atoms with Gasteiger partial charge < -0.3 is 15.5 Å². The highest BCUT2D eigenvalue weighted by atomic mass is 15.2. The quantitative estimate of drug-likeness (QED) is 0.873. The fourth-order valence-electron chi connectivity index (χ4n) is 2.83. The number of anilines is 2. The molecule has 1 aliphatic heterocycles. The summed E-state index contributed by atoms with van der Waals surface area (Å²) < 4.78 is 0. The van der Waals surface area contributed by atoms with Crippen molar-refractivity contribution in [2.75, 3.05) is 37.3 Å². The zero-order valence-electron chi connectivity index (χ0n) is 14.0. The summed E-state index contributed by atoms with van der Waals surface area (Å²) in [5.74, 6) is 3.15. The molecular formula is C16H29N5. The number of nitrogens with one attached hydrogen (secondary N) is 2. The Morgan fingerprint density at radius 1 is 1.29 bits per heavy atom. The van der Waals surface area contributed by atoms with Crippen molar-refractivity contribution in [3.63, 3.8) is 0 Å². The van der Waals surface area contributed by atoms with E-state index in [-0.39, 0.29) is 0 Å². The number of aromatic nitrogens is 2. The Labute approximate surface area is 128 Å². The lowest BCUT2D eigenvalue weighted by Gasteiger charge is -2.33. The zero-order valence-corrected chi connectivity index (χ0v) is 14.0. The molecule has 0 amide bonds. The van der Waals surface area contributed by atoms with Gasteiger partial charge in [0.05, 0.1) is 0 Å². The normalized spacial score (nSPS) is 19.8. The Morgan fingerprint density at radius 2 is 2.00 bits per heavy atom. The average molecular weight is 291 g/mol. The van der Waals surface area contributed by atoms with Gasteiger partial charge in [-0.2, -0.15) is 0 Å². The number of hydrogen-bond donors (Lipinski definition) is 2. The van der Waals surface area contributed by atoms with E-state index in [4.69, 9.17) is 4.98 Å². The molecule has 1 saturated heterocycles. The lowest BCUT2D eigenvalue weighted by Crippen LogP contribution is -2.42. The first-order valence-electron chi connectivity index (χ1n) is 8.10. The Kier molecular flexibility index (Phi) is 5.39. The standard InChI is InChI=1S/C16H29N5/c1-6-21-9-7-8-13(10-21)18-16-12(4)15(17-5)19-14(20-16)11(2)3/h11,13H,6-10H2,1-5H3,(H2,17,18,19,20). The SMILES string of the molecule is CCN1CCCC(Nc2nc(C(C)C)nc(NC)c2C)C1. The summed E-state index contributed by atoms with van der Waals surface area (Å²) in [4.78, 5) is 11.8. The van der Waals surface area contributed by atoms with Crippen LogP contribution in [0.15, 0.2) is 0 Å². The fourth-order valence-corrected chi connectivity index (χ4v) is 2.83. The maximum Gasteiger partial charge on any atom is 0.135 e. The summed E-state index contributed by atoms with van der Waals surface area (Å²) in [5.41, 5.74) is 1.11. The monoisotopic (exact) mass is 291 g/mol. The largest absolute Gasteiger partial charge is 0.373 e. The van der Waals surface area contributed by atoms with Gasteiger partial charge >= 0.3 is 0 Å². The highest BCUT2D eigenvalue weighted by molar-refractivity contribution is 5.57. The molecular weight excluding hydrogens is 262 g/mol. The van der Waals surface area contributed by atoms with E-state index in [1.165, 1.54) is 19.4 Å². The minimum Gasteiger partial charge on any atom is -0.373 e. The second kappa shape index (κ2) is 7.07. The number of piperidine rings is 1. The van der Waals surface area contributed by atoms with Crippen LogP contribution in [0.25, 0.3) is 0 Å². The van der Waals surface area contributed by atoms with Crippen molar-refractivity contribution in [1.29, 1.82) is 0 Å². The molecule has 2 rings (SSSR count). The topological polar surface area (TPSA) is 53.1 Å². The molecule has 1 aromatic rings. The van der Waals surface area contributed by atoms with Gasteiger partial charge in [0.1, 0.15) is 17.5 Å². The Morgan fingerprint density at radius 3 is 2.62 bits per heavy atom. The molecule has 2 N–H and O–H groups in total. The Hall–Kier alpha value is -1.36. The first kappa shape index (κ1) is 16.0. The van der Waals surface area contributed by atoms with E-state index in [0.717, 1.165) is 36.1 Å². The molecule has 1 unspecified atom stereocenters. The molecule has 1 fully saturated rings. The summed E-state index contributed by atoms with van der Waals surface area (Å²) in [5, 5.41) is 6.84. The van der Waals surface area contributed by atoms with Gasteiger partial charge in [0, 0.05) is 31.1 Å². The summed E-state index contributed by atoms with van der Waals surface area (Å²) in [6, 6.07) is 0.483. The molecule has 0 aliphatic carbocycles. The number of likely N-dealkylation sites (N-methyl/N-ethyl adjacent to an activating group) is 1. The third kappa shape index (κ3) is 3.84. The van der Waals surface area contributed by atoms with Gasteiger partial charge in [-0.15, -0.1) is 0 Å². The minimum atomic E-state index is 0.330.